The van der Waals surface area contributed by atoms with Crippen LogP contribution in [0, 0.1) is 0 Å². The van der Waals surface area contributed by atoms with Crippen molar-refractivity contribution in [2.75, 3.05) is 39.8 Å². The number of piperazine rings is 1. The molecule has 1 unspecified atom stereocenters. The fourth-order valence-corrected chi connectivity index (χ4v) is 2.15. The minimum Gasteiger partial charge on any atom is -0.396 e. The van der Waals surface area contributed by atoms with Gasteiger partial charge < -0.3 is 14.9 Å². The van der Waals surface area contributed by atoms with Crippen LogP contribution in [0.1, 0.15) is 26.2 Å². The Hall–Kier alpha value is -0.120. The second-order valence-electron chi connectivity index (χ2n) is 4.30. The molecule has 0 aliphatic carbocycles. The van der Waals surface area contributed by atoms with Crippen LogP contribution in [0.2, 0.25) is 0 Å². The smallest absolute Gasteiger partial charge is 0.0443 e. The molecule has 14 heavy (non-hydrogen) atoms. The lowest BCUT2D eigenvalue weighted by Crippen LogP contribution is -2.51. The van der Waals surface area contributed by atoms with E-state index in [0.29, 0.717) is 6.61 Å². The molecule has 1 fully saturated rings. The zero-order chi connectivity index (χ0) is 10.4. The van der Waals surface area contributed by atoms with E-state index in [9.17, 15) is 0 Å². The standard InChI is InChI=1S/C11H24N2O/c1-3-5-11-10-13(6-4-9-14)8-7-12(11)2/h11,14H,3-10H2,1-2H3. The van der Waals surface area contributed by atoms with E-state index in [1.54, 1.807) is 0 Å². The molecule has 1 aliphatic rings. The highest BCUT2D eigenvalue weighted by molar-refractivity contribution is 4.79. The van der Waals surface area contributed by atoms with Crippen molar-refractivity contribution in [1.82, 2.24) is 9.80 Å². The van der Waals surface area contributed by atoms with Crippen molar-refractivity contribution < 1.29 is 5.11 Å². The van der Waals surface area contributed by atoms with Crippen LogP contribution in [0.25, 0.3) is 0 Å². The topological polar surface area (TPSA) is 26.7 Å². The predicted octanol–water partition coefficient (Wildman–Crippen LogP) is 0.785. The maximum atomic E-state index is 8.78. The Morgan fingerprint density at radius 2 is 2.14 bits per heavy atom. The van der Waals surface area contributed by atoms with Gasteiger partial charge in [0.05, 0.1) is 0 Å². The Labute approximate surface area is 87.7 Å². The number of nitrogens with zero attached hydrogens (tertiary/aromatic N) is 2. The Balaban J connectivity index is 2.29. The highest BCUT2D eigenvalue weighted by Gasteiger charge is 2.22. The first kappa shape index (κ1) is 12.0. The van der Waals surface area contributed by atoms with Crippen LogP contribution in [0.5, 0.6) is 0 Å². The van der Waals surface area contributed by atoms with Gasteiger partial charge in [-0.3, -0.25) is 0 Å². The van der Waals surface area contributed by atoms with E-state index in [1.165, 1.54) is 25.9 Å². The van der Waals surface area contributed by atoms with Gasteiger partial charge in [0, 0.05) is 38.8 Å². The normalized spacial score (nSPS) is 25.5. The molecule has 1 N–H and O–H groups in total. The Kier molecular flexibility index (Phi) is 5.45. The molecule has 0 saturated carbocycles. The molecule has 1 rings (SSSR count). The summed E-state index contributed by atoms with van der Waals surface area (Å²) in [7, 11) is 2.23. The second kappa shape index (κ2) is 6.38. The van der Waals surface area contributed by atoms with Crippen molar-refractivity contribution in [2.45, 2.75) is 32.2 Å². The van der Waals surface area contributed by atoms with Crippen LogP contribution in [0.15, 0.2) is 0 Å². The van der Waals surface area contributed by atoms with Crippen molar-refractivity contribution in [2.24, 2.45) is 0 Å². The maximum absolute atomic E-state index is 8.78. The Morgan fingerprint density at radius 1 is 1.36 bits per heavy atom. The number of aliphatic hydroxyl groups excluding tert-OH is 1. The number of aliphatic hydroxyl groups is 1. The summed E-state index contributed by atoms with van der Waals surface area (Å²) < 4.78 is 0. The van der Waals surface area contributed by atoms with Crippen LogP contribution >= 0.6 is 0 Å². The molecule has 0 aromatic carbocycles. The minimum absolute atomic E-state index is 0.324. The molecule has 3 nitrogen and oxygen atoms in total. The van der Waals surface area contributed by atoms with E-state index in [1.807, 2.05) is 0 Å². The number of hydrogen-bond donors (Lipinski definition) is 1. The summed E-state index contributed by atoms with van der Waals surface area (Å²) in [4.78, 5) is 4.95. The van der Waals surface area contributed by atoms with Crippen LogP contribution in [-0.4, -0.2) is 60.8 Å². The molecule has 0 aromatic heterocycles. The van der Waals surface area contributed by atoms with Crippen molar-refractivity contribution in [3.8, 4) is 0 Å². The van der Waals surface area contributed by atoms with Gasteiger partial charge in [-0.05, 0) is 19.9 Å². The highest BCUT2D eigenvalue weighted by Crippen LogP contribution is 2.12. The van der Waals surface area contributed by atoms with Gasteiger partial charge in [-0.2, -0.15) is 0 Å². The zero-order valence-electron chi connectivity index (χ0n) is 9.58. The molecule has 0 aromatic rings. The molecule has 84 valence electrons. The van der Waals surface area contributed by atoms with Gasteiger partial charge in [0.15, 0.2) is 0 Å². The largest absolute Gasteiger partial charge is 0.396 e. The third-order valence-electron chi connectivity index (χ3n) is 3.12. The predicted molar refractivity (Wildman–Crippen MR) is 59.5 cm³/mol. The first-order valence-electron chi connectivity index (χ1n) is 5.81. The first-order valence-corrected chi connectivity index (χ1v) is 5.81. The van der Waals surface area contributed by atoms with Gasteiger partial charge in [0.1, 0.15) is 0 Å². The van der Waals surface area contributed by atoms with Crippen LogP contribution in [-0.2, 0) is 0 Å². The molecule has 1 heterocycles. The lowest BCUT2D eigenvalue weighted by atomic mass is 10.1. The van der Waals surface area contributed by atoms with E-state index in [-0.39, 0.29) is 0 Å². The van der Waals surface area contributed by atoms with E-state index in [0.717, 1.165) is 25.6 Å². The summed E-state index contributed by atoms with van der Waals surface area (Å²) in [5.74, 6) is 0. The molecule has 0 bridgehead atoms. The van der Waals surface area contributed by atoms with Crippen molar-refractivity contribution >= 4 is 0 Å². The third-order valence-corrected chi connectivity index (χ3v) is 3.12. The Bertz CT molecular complexity index is 150. The first-order chi connectivity index (χ1) is 6.77. The van der Waals surface area contributed by atoms with Crippen molar-refractivity contribution in [3.05, 3.63) is 0 Å². The van der Waals surface area contributed by atoms with Crippen LogP contribution in [0.4, 0.5) is 0 Å². The van der Waals surface area contributed by atoms with Crippen LogP contribution < -0.4 is 0 Å². The Morgan fingerprint density at radius 3 is 2.79 bits per heavy atom. The zero-order valence-corrected chi connectivity index (χ0v) is 9.58. The summed E-state index contributed by atoms with van der Waals surface area (Å²) in [6, 6.07) is 0.729. The summed E-state index contributed by atoms with van der Waals surface area (Å²) in [6.45, 7) is 7.16. The lowest BCUT2D eigenvalue weighted by Gasteiger charge is -2.39. The van der Waals surface area contributed by atoms with Crippen molar-refractivity contribution in [3.63, 3.8) is 0 Å². The monoisotopic (exact) mass is 200 g/mol. The molecule has 0 spiro atoms. The molecule has 1 atom stereocenters. The molecule has 0 radical (unpaired) electrons. The molecule has 1 aliphatic heterocycles. The molecule has 3 heteroatoms. The molecular formula is C11H24N2O. The van der Waals surface area contributed by atoms with E-state index in [4.69, 9.17) is 5.11 Å². The van der Waals surface area contributed by atoms with E-state index < -0.39 is 0 Å². The SMILES string of the molecule is CCCC1CN(CCCO)CCN1C. The molecular weight excluding hydrogens is 176 g/mol. The maximum Gasteiger partial charge on any atom is 0.0443 e. The summed E-state index contributed by atoms with van der Waals surface area (Å²) in [6.07, 6.45) is 3.48. The average molecular weight is 200 g/mol. The fourth-order valence-electron chi connectivity index (χ4n) is 2.15. The summed E-state index contributed by atoms with van der Waals surface area (Å²) in [5, 5.41) is 8.78. The van der Waals surface area contributed by atoms with Gasteiger partial charge >= 0.3 is 0 Å². The van der Waals surface area contributed by atoms with Gasteiger partial charge in [-0.15, -0.1) is 0 Å². The third kappa shape index (κ3) is 3.56. The number of likely N-dealkylation sites (N-methyl/N-ethyl adjacent to an activating group) is 1. The second-order valence-corrected chi connectivity index (χ2v) is 4.30. The van der Waals surface area contributed by atoms with Gasteiger partial charge in [0.2, 0.25) is 0 Å². The van der Waals surface area contributed by atoms with Crippen molar-refractivity contribution in [1.29, 1.82) is 0 Å². The van der Waals surface area contributed by atoms with Gasteiger partial charge in [0.25, 0.3) is 0 Å². The lowest BCUT2D eigenvalue weighted by molar-refractivity contribution is 0.0851. The summed E-state index contributed by atoms with van der Waals surface area (Å²) in [5.41, 5.74) is 0. The molecule has 0 amide bonds. The fraction of sp³-hybridized carbons (Fsp3) is 1.00. The van der Waals surface area contributed by atoms with Gasteiger partial charge in [-0.1, -0.05) is 13.3 Å². The number of rotatable bonds is 5. The minimum atomic E-state index is 0.324. The van der Waals surface area contributed by atoms with Gasteiger partial charge in [-0.25, -0.2) is 0 Å². The average Bonchev–Trinajstić information content (AvgIpc) is 2.19. The van der Waals surface area contributed by atoms with Crippen LogP contribution in [0.3, 0.4) is 0 Å². The quantitative estimate of drug-likeness (QED) is 0.710. The van der Waals surface area contributed by atoms with E-state index >= 15 is 0 Å². The van der Waals surface area contributed by atoms with E-state index in [2.05, 4.69) is 23.8 Å². The molecule has 1 saturated heterocycles. The highest BCUT2D eigenvalue weighted by atomic mass is 16.3. The number of hydrogen-bond acceptors (Lipinski definition) is 3. The summed E-state index contributed by atoms with van der Waals surface area (Å²) >= 11 is 0.